The van der Waals surface area contributed by atoms with E-state index in [-0.39, 0.29) is 5.56 Å². The Bertz CT molecular complexity index is 1870. The van der Waals surface area contributed by atoms with Crippen molar-refractivity contribution in [2.24, 2.45) is 0 Å². The number of ether oxygens (including phenoxy) is 1. The van der Waals surface area contributed by atoms with Crippen LogP contribution in [0.25, 0.3) is 40.1 Å². The Morgan fingerprint density at radius 3 is 2.68 bits per heavy atom. The molecule has 0 atom stereocenters. The standard InChI is InChI=1S/C29H21N5O2S2/c1-2-15-36-23-11-6-8-20(17-23)27-21(19-33(32-27)22-9-4-3-5-10-22)18-25-28(35)34-29(38-25)30-26(31-34)14-13-24-12-7-16-37-24/h2-14,16-19H,1,15H2/b14-13+,25-18-. The average molecular weight is 536 g/mol. The molecule has 0 amide bonds. The van der Waals surface area contributed by atoms with Crippen LogP contribution in [0.5, 0.6) is 5.75 Å². The fourth-order valence-corrected chi connectivity index (χ4v) is 5.45. The van der Waals surface area contributed by atoms with Crippen LogP contribution in [-0.4, -0.2) is 31.0 Å². The molecule has 0 saturated heterocycles. The van der Waals surface area contributed by atoms with E-state index in [9.17, 15) is 4.79 Å². The van der Waals surface area contributed by atoms with Gasteiger partial charge in [-0.3, -0.25) is 4.79 Å². The van der Waals surface area contributed by atoms with Crippen molar-refractivity contribution in [3.63, 3.8) is 0 Å². The van der Waals surface area contributed by atoms with Gasteiger partial charge in [-0.05, 0) is 53.9 Å². The molecule has 9 heteroatoms. The first-order chi connectivity index (χ1) is 18.7. The highest BCUT2D eigenvalue weighted by Crippen LogP contribution is 2.27. The number of fused-ring (bicyclic) bond motifs is 1. The molecule has 0 N–H and O–H groups in total. The van der Waals surface area contributed by atoms with Gasteiger partial charge in [-0.15, -0.1) is 16.4 Å². The molecule has 4 heterocycles. The molecular formula is C29H21N5O2S2. The summed E-state index contributed by atoms with van der Waals surface area (Å²) in [5.74, 6) is 1.22. The molecule has 0 spiro atoms. The van der Waals surface area contributed by atoms with Crippen molar-refractivity contribution in [1.29, 1.82) is 0 Å². The van der Waals surface area contributed by atoms with E-state index in [0.717, 1.165) is 27.4 Å². The van der Waals surface area contributed by atoms with Gasteiger partial charge >= 0.3 is 0 Å². The molecule has 2 aromatic carbocycles. The summed E-state index contributed by atoms with van der Waals surface area (Å²) in [4.78, 5) is 19.4. The first kappa shape index (κ1) is 23.8. The van der Waals surface area contributed by atoms with Gasteiger partial charge in [-0.25, -0.2) is 4.68 Å². The summed E-state index contributed by atoms with van der Waals surface area (Å²) in [6.45, 7) is 4.12. The van der Waals surface area contributed by atoms with Crippen LogP contribution in [-0.2, 0) is 0 Å². The average Bonchev–Trinajstić information content (AvgIpc) is 3.74. The summed E-state index contributed by atoms with van der Waals surface area (Å²) in [5.41, 5.74) is 3.11. The number of para-hydroxylation sites is 1. The second-order valence-electron chi connectivity index (χ2n) is 8.27. The summed E-state index contributed by atoms with van der Waals surface area (Å²) in [7, 11) is 0. The molecule has 6 aromatic rings. The van der Waals surface area contributed by atoms with Crippen LogP contribution in [0.15, 0.2) is 95.8 Å². The van der Waals surface area contributed by atoms with Gasteiger partial charge in [0.25, 0.3) is 5.56 Å². The Labute approximate surface area is 225 Å². The zero-order chi connectivity index (χ0) is 25.9. The Balaban J connectivity index is 1.43. The van der Waals surface area contributed by atoms with Gasteiger partial charge in [-0.2, -0.15) is 14.6 Å². The van der Waals surface area contributed by atoms with Gasteiger partial charge in [0.05, 0.1) is 10.2 Å². The van der Waals surface area contributed by atoms with E-state index in [2.05, 4.69) is 16.7 Å². The lowest BCUT2D eigenvalue weighted by Gasteiger charge is -2.05. The van der Waals surface area contributed by atoms with E-state index < -0.39 is 0 Å². The predicted molar refractivity (Wildman–Crippen MR) is 154 cm³/mol. The van der Waals surface area contributed by atoms with Crippen LogP contribution < -0.4 is 14.8 Å². The van der Waals surface area contributed by atoms with Crippen molar-refractivity contribution in [3.8, 4) is 22.7 Å². The third-order valence-corrected chi connectivity index (χ3v) is 7.46. The minimum Gasteiger partial charge on any atom is -0.490 e. The van der Waals surface area contributed by atoms with Gasteiger partial charge < -0.3 is 4.74 Å². The molecule has 0 aliphatic rings. The molecule has 0 aliphatic carbocycles. The lowest BCUT2D eigenvalue weighted by atomic mass is 10.1. The number of hydrogen-bond donors (Lipinski definition) is 0. The van der Waals surface area contributed by atoms with Crippen molar-refractivity contribution < 1.29 is 4.74 Å². The monoisotopic (exact) mass is 535 g/mol. The Morgan fingerprint density at radius 1 is 1.00 bits per heavy atom. The molecule has 0 bridgehead atoms. The molecule has 0 unspecified atom stereocenters. The molecule has 7 nitrogen and oxygen atoms in total. The second-order valence-corrected chi connectivity index (χ2v) is 10.3. The Morgan fingerprint density at radius 2 is 1.89 bits per heavy atom. The van der Waals surface area contributed by atoms with Crippen LogP contribution >= 0.6 is 22.7 Å². The molecular weight excluding hydrogens is 514 g/mol. The van der Waals surface area contributed by atoms with E-state index in [4.69, 9.17) is 9.84 Å². The maximum Gasteiger partial charge on any atom is 0.291 e. The summed E-state index contributed by atoms with van der Waals surface area (Å²) in [6, 6.07) is 21.6. The lowest BCUT2D eigenvalue weighted by Crippen LogP contribution is -2.23. The summed E-state index contributed by atoms with van der Waals surface area (Å²) >= 11 is 2.93. The topological polar surface area (TPSA) is 74.3 Å². The van der Waals surface area contributed by atoms with Crippen LogP contribution in [0.4, 0.5) is 0 Å². The zero-order valence-electron chi connectivity index (χ0n) is 20.1. The minimum absolute atomic E-state index is 0.213. The van der Waals surface area contributed by atoms with E-state index >= 15 is 0 Å². The van der Waals surface area contributed by atoms with Crippen LogP contribution in [0.1, 0.15) is 16.3 Å². The number of rotatable bonds is 8. The number of thiazole rings is 1. The SMILES string of the molecule is C=CCOc1cccc(-c2nn(-c3ccccc3)cc2/C=c2\sc3nc(/C=C/c4cccs4)nn3c2=O)c1. The zero-order valence-corrected chi connectivity index (χ0v) is 21.7. The Hall–Kier alpha value is -4.60. The summed E-state index contributed by atoms with van der Waals surface area (Å²) in [5, 5.41) is 11.3. The number of nitrogens with zero attached hydrogens (tertiary/aromatic N) is 5. The van der Waals surface area contributed by atoms with Gasteiger partial charge in [0.15, 0.2) is 5.82 Å². The number of benzene rings is 2. The third-order valence-electron chi connectivity index (χ3n) is 5.66. The van der Waals surface area contributed by atoms with Crippen molar-refractivity contribution in [2.75, 3.05) is 6.61 Å². The van der Waals surface area contributed by atoms with Gasteiger partial charge in [0.1, 0.15) is 18.1 Å². The smallest absolute Gasteiger partial charge is 0.291 e. The number of hydrogen-bond acceptors (Lipinski definition) is 7. The highest BCUT2D eigenvalue weighted by molar-refractivity contribution is 7.15. The predicted octanol–water partition coefficient (Wildman–Crippen LogP) is 5.35. The molecule has 0 saturated carbocycles. The van der Waals surface area contributed by atoms with Crippen LogP contribution in [0.2, 0.25) is 0 Å². The quantitative estimate of drug-likeness (QED) is 0.246. The van der Waals surface area contributed by atoms with E-state index in [1.807, 2.05) is 101 Å². The van der Waals surface area contributed by atoms with Crippen molar-refractivity contribution >= 4 is 45.9 Å². The van der Waals surface area contributed by atoms with Gasteiger partial charge in [-0.1, -0.05) is 60.4 Å². The first-order valence-electron chi connectivity index (χ1n) is 11.8. The van der Waals surface area contributed by atoms with Crippen molar-refractivity contribution in [3.05, 3.63) is 122 Å². The first-order valence-corrected chi connectivity index (χ1v) is 13.5. The van der Waals surface area contributed by atoms with Gasteiger partial charge in [0, 0.05) is 22.2 Å². The highest BCUT2D eigenvalue weighted by atomic mass is 32.1. The van der Waals surface area contributed by atoms with Crippen LogP contribution in [0.3, 0.4) is 0 Å². The Kier molecular flexibility index (Phi) is 6.51. The number of aromatic nitrogens is 5. The highest BCUT2D eigenvalue weighted by Gasteiger charge is 2.14. The molecule has 0 radical (unpaired) electrons. The second kappa shape index (κ2) is 10.4. The normalized spacial score (nSPS) is 12.1. The third kappa shape index (κ3) is 4.84. The lowest BCUT2D eigenvalue weighted by molar-refractivity contribution is 0.363. The van der Waals surface area contributed by atoms with E-state index in [0.29, 0.717) is 27.7 Å². The van der Waals surface area contributed by atoms with Crippen LogP contribution in [0, 0.1) is 0 Å². The molecule has 4 aromatic heterocycles. The van der Waals surface area contributed by atoms with Crippen molar-refractivity contribution in [1.82, 2.24) is 24.4 Å². The van der Waals surface area contributed by atoms with E-state index in [1.54, 1.807) is 17.4 Å². The summed E-state index contributed by atoms with van der Waals surface area (Å²) in [6.07, 6.45) is 9.24. The fraction of sp³-hybridized carbons (Fsp3) is 0.0345. The molecule has 0 fully saturated rings. The number of thiophene rings is 1. The minimum atomic E-state index is -0.213. The molecule has 6 rings (SSSR count). The maximum absolute atomic E-state index is 13.2. The molecule has 0 aliphatic heterocycles. The van der Waals surface area contributed by atoms with Gasteiger partial charge in [0.2, 0.25) is 4.96 Å². The fourth-order valence-electron chi connectivity index (χ4n) is 3.92. The summed E-state index contributed by atoms with van der Waals surface area (Å²) < 4.78 is 9.43. The van der Waals surface area contributed by atoms with Crippen molar-refractivity contribution in [2.45, 2.75) is 0 Å². The van der Waals surface area contributed by atoms with E-state index in [1.165, 1.54) is 15.9 Å². The molecule has 38 heavy (non-hydrogen) atoms. The maximum atomic E-state index is 13.2. The molecule has 186 valence electrons. The largest absolute Gasteiger partial charge is 0.490 e.